The number of benzene rings is 1. The summed E-state index contributed by atoms with van der Waals surface area (Å²) in [5.74, 6) is -0.983. The van der Waals surface area contributed by atoms with Crippen LogP contribution in [0, 0.1) is 5.82 Å². The number of ether oxygens (including phenoxy) is 2. The number of pyridine rings is 1. The molecule has 0 fully saturated rings. The Morgan fingerprint density at radius 3 is 2.85 bits per heavy atom. The van der Waals surface area contributed by atoms with E-state index in [0.717, 1.165) is 0 Å². The Bertz CT molecular complexity index is 693. The first-order chi connectivity index (χ1) is 9.51. The van der Waals surface area contributed by atoms with Gasteiger partial charge >= 0.3 is 5.97 Å². The number of rotatable bonds is 3. The molecule has 0 spiro atoms. The van der Waals surface area contributed by atoms with E-state index in [1.54, 1.807) is 6.92 Å². The van der Waals surface area contributed by atoms with E-state index in [4.69, 9.17) is 21.1 Å². The summed E-state index contributed by atoms with van der Waals surface area (Å²) in [6, 6.07) is 1.53. The molecular weight excluding hydrogens is 353 g/mol. The van der Waals surface area contributed by atoms with Crippen LogP contribution in [-0.2, 0) is 4.74 Å². The van der Waals surface area contributed by atoms with Gasteiger partial charge in [0.25, 0.3) is 0 Å². The normalized spacial score (nSPS) is 10.7. The van der Waals surface area contributed by atoms with Crippen LogP contribution in [0.3, 0.4) is 0 Å². The van der Waals surface area contributed by atoms with Gasteiger partial charge in [0.15, 0.2) is 5.82 Å². The first kappa shape index (κ1) is 15.0. The third-order valence-electron chi connectivity index (χ3n) is 2.66. The largest absolute Gasteiger partial charge is 0.495 e. The molecule has 0 aliphatic rings. The van der Waals surface area contributed by atoms with Crippen molar-refractivity contribution in [3.8, 4) is 5.75 Å². The van der Waals surface area contributed by atoms with Crippen molar-refractivity contribution in [3.63, 3.8) is 0 Å². The Morgan fingerprint density at radius 1 is 1.55 bits per heavy atom. The third kappa shape index (κ3) is 2.45. The second-order valence-corrected chi connectivity index (χ2v) is 4.98. The number of hydrogen-bond donors (Lipinski definition) is 0. The van der Waals surface area contributed by atoms with E-state index in [2.05, 4.69) is 20.9 Å². The second-order valence-electron chi connectivity index (χ2n) is 3.81. The third-order valence-corrected chi connectivity index (χ3v) is 3.79. The predicted molar refractivity (Wildman–Crippen MR) is 76.9 cm³/mol. The lowest BCUT2D eigenvalue weighted by Crippen LogP contribution is -2.07. The fourth-order valence-corrected chi connectivity index (χ4v) is 2.51. The van der Waals surface area contributed by atoms with Crippen LogP contribution >= 0.6 is 27.5 Å². The average molecular weight is 363 g/mol. The van der Waals surface area contributed by atoms with E-state index in [1.165, 1.54) is 19.4 Å². The minimum atomic E-state index is -0.641. The summed E-state index contributed by atoms with van der Waals surface area (Å²) in [6.45, 7) is 1.87. The van der Waals surface area contributed by atoms with Crippen molar-refractivity contribution >= 4 is 44.4 Å². The van der Waals surface area contributed by atoms with Gasteiger partial charge < -0.3 is 9.47 Å². The van der Waals surface area contributed by atoms with Gasteiger partial charge in [0.2, 0.25) is 0 Å². The molecule has 0 aliphatic carbocycles. The molecule has 4 nitrogen and oxygen atoms in total. The molecule has 0 radical (unpaired) electrons. The van der Waals surface area contributed by atoms with Gasteiger partial charge in [0.05, 0.1) is 39.7 Å². The zero-order chi connectivity index (χ0) is 14.9. The molecule has 0 aliphatic heterocycles. The number of carbonyl (C=O) groups excluding carboxylic acids is 1. The Balaban J connectivity index is 2.73. The van der Waals surface area contributed by atoms with Crippen LogP contribution in [0.1, 0.15) is 17.3 Å². The highest BCUT2D eigenvalue weighted by molar-refractivity contribution is 9.10. The van der Waals surface area contributed by atoms with Gasteiger partial charge in [-0.2, -0.15) is 0 Å². The van der Waals surface area contributed by atoms with Crippen molar-refractivity contribution in [2.75, 3.05) is 13.7 Å². The van der Waals surface area contributed by atoms with Crippen LogP contribution in [0.2, 0.25) is 5.02 Å². The van der Waals surface area contributed by atoms with Crippen molar-refractivity contribution in [2.45, 2.75) is 6.92 Å². The van der Waals surface area contributed by atoms with Crippen molar-refractivity contribution in [2.24, 2.45) is 0 Å². The Labute approximate surface area is 128 Å². The fourth-order valence-electron chi connectivity index (χ4n) is 1.73. The number of aromatic nitrogens is 1. The van der Waals surface area contributed by atoms with Crippen LogP contribution in [0.4, 0.5) is 4.39 Å². The highest BCUT2D eigenvalue weighted by atomic mass is 79.9. The maximum Gasteiger partial charge on any atom is 0.341 e. The molecule has 106 valence electrons. The molecule has 1 aromatic carbocycles. The van der Waals surface area contributed by atoms with Crippen LogP contribution in [0.5, 0.6) is 5.75 Å². The lowest BCUT2D eigenvalue weighted by molar-refractivity contribution is 0.0526. The summed E-state index contributed by atoms with van der Waals surface area (Å²) in [7, 11) is 1.42. The van der Waals surface area contributed by atoms with Gasteiger partial charge in [-0.15, -0.1) is 0 Å². The van der Waals surface area contributed by atoms with Crippen LogP contribution in [0.25, 0.3) is 10.9 Å². The molecular formula is C13H10BrClFNO3. The van der Waals surface area contributed by atoms with Crippen LogP contribution in [-0.4, -0.2) is 24.7 Å². The number of nitrogens with zero attached hydrogens (tertiary/aromatic N) is 1. The molecule has 0 N–H and O–H groups in total. The summed E-state index contributed by atoms with van der Waals surface area (Å²) in [6.07, 6.45) is 1.26. The lowest BCUT2D eigenvalue weighted by atomic mass is 10.1. The van der Waals surface area contributed by atoms with E-state index >= 15 is 0 Å². The second kappa shape index (κ2) is 5.93. The number of carbonyl (C=O) groups is 1. The molecule has 20 heavy (non-hydrogen) atoms. The van der Waals surface area contributed by atoms with Crippen molar-refractivity contribution < 1.29 is 18.7 Å². The number of halogens is 3. The van der Waals surface area contributed by atoms with E-state index in [-0.39, 0.29) is 27.1 Å². The SMILES string of the molecule is CCOC(=O)c1cnc2cc(OC)c(Br)c(F)c2c1Cl. The van der Waals surface area contributed by atoms with Gasteiger partial charge in [0.1, 0.15) is 5.75 Å². The monoisotopic (exact) mass is 361 g/mol. The highest BCUT2D eigenvalue weighted by Crippen LogP contribution is 2.37. The smallest absolute Gasteiger partial charge is 0.341 e. The van der Waals surface area contributed by atoms with E-state index in [0.29, 0.717) is 11.3 Å². The number of hydrogen-bond acceptors (Lipinski definition) is 4. The van der Waals surface area contributed by atoms with Crippen LogP contribution in [0.15, 0.2) is 16.7 Å². The van der Waals surface area contributed by atoms with Crippen molar-refractivity contribution in [3.05, 3.63) is 33.1 Å². The molecule has 2 rings (SSSR count). The number of fused-ring (bicyclic) bond motifs is 1. The maximum atomic E-state index is 14.3. The molecule has 7 heteroatoms. The number of methoxy groups -OCH3 is 1. The van der Waals surface area contributed by atoms with Gasteiger partial charge in [-0.05, 0) is 22.9 Å². The minimum absolute atomic E-state index is 0.0250. The topological polar surface area (TPSA) is 48.4 Å². The van der Waals surface area contributed by atoms with E-state index in [9.17, 15) is 9.18 Å². The summed E-state index contributed by atoms with van der Waals surface area (Å²) >= 11 is 9.19. The summed E-state index contributed by atoms with van der Waals surface area (Å²) in [5.41, 5.74) is 0.317. The van der Waals surface area contributed by atoms with E-state index < -0.39 is 11.8 Å². The molecule has 0 atom stereocenters. The van der Waals surface area contributed by atoms with Crippen molar-refractivity contribution in [1.29, 1.82) is 0 Å². The van der Waals surface area contributed by atoms with Gasteiger partial charge in [-0.1, -0.05) is 11.6 Å². The molecule has 0 saturated carbocycles. The quantitative estimate of drug-likeness (QED) is 0.775. The average Bonchev–Trinajstić information content (AvgIpc) is 2.42. The standard InChI is InChI=1S/C13H10BrClFNO3/c1-3-20-13(18)6-5-17-7-4-8(19-2)10(14)12(16)9(7)11(6)15/h4-5H,3H2,1-2H3. The zero-order valence-electron chi connectivity index (χ0n) is 10.7. The van der Waals surface area contributed by atoms with Gasteiger partial charge in [0, 0.05) is 12.3 Å². The molecule has 1 aromatic heterocycles. The summed E-state index contributed by atoms with van der Waals surface area (Å²) < 4.78 is 24.3. The molecule has 0 amide bonds. The minimum Gasteiger partial charge on any atom is -0.495 e. The Kier molecular flexibility index (Phi) is 4.45. The van der Waals surface area contributed by atoms with Gasteiger partial charge in [-0.3, -0.25) is 4.98 Å². The fraction of sp³-hybridized carbons (Fsp3) is 0.231. The molecule has 0 unspecified atom stereocenters. The summed E-state index contributed by atoms with van der Waals surface area (Å²) in [4.78, 5) is 15.8. The summed E-state index contributed by atoms with van der Waals surface area (Å²) in [5, 5.41) is 0.0131. The molecule has 0 bridgehead atoms. The van der Waals surface area contributed by atoms with E-state index in [1.807, 2.05) is 0 Å². The first-order valence-electron chi connectivity index (χ1n) is 5.68. The Morgan fingerprint density at radius 2 is 2.25 bits per heavy atom. The first-order valence-corrected chi connectivity index (χ1v) is 6.85. The number of esters is 1. The molecule has 0 saturated heterocycles. The zero-order valence-corrected chi connectivity index (χ0v) is 13.0. The van der Waals surface area contributed by atoms with Crippen molar-refractivity contribution in [1.82, 2.24) is 4.98 Å². The predicted octanol–water partition coefficient (Wildman–Crippen LogP) is 3.98. The maximum absolute atomic E-state index is 14.3. The van der Waals surface area contributed by atoms with Gasteiger partial charge in [-0.25, -0.2) is 9.18 Å². The highest BCUT2D eigenvalue weighted by Gasteiger charge is 2.21. The van der Waals surface area contributed by atoms with Crippen LogP contribution < -0.4 is 4.74 Å². The molecule has 1 heterocycles. The Hall–Kier alpha value is -1.40. The lowest BCUT2D eigenvalue weighted by Gasteiger charge is -2.10. The molecule has 2 aromatic rings.